The zero-order valence-electron chi connectivity index (χ0n) is 13.7. The number of amides is 1. The predicted octanol–water partition coefficient (Wildman–Crippen LogP) is 2.64. The highest BCUT2D eigenvalue weighted by Crippen LogP contribution is 2.29. The third-order valence-corrected chi connectivity index (χ3v) is 5.30. The van der Waals surface area contributed by atoms with Gasteiger partial charge in [0.25, 0.3) is 0 Å². The number of thiophene rings is 1. The summed E-state index contributed by atoms with van der Waals surface area (Å²) in [7, 11) is 0. The highest BCUT2D eigenvalue weighted by molar-refractivity contribution is 7.09. The molecule has 5 nitrogen and oxygen atoms in total. The molecule has 23 heavy (non-hydrogen) atoms. The van der Waals surface area contributed by atoms with Crippen molar-refractivity contribution < 1.29 is 4.79 Å². The number of rotatable bonds is 6. The number of carbonyl (C=O) groups excluding carboxylic acids is 1. The van der Waals surface area contributed by atoms with Crippen LogP contribution < -0.4 is 10.6 Å². The first-order chi connectivity index (χ1) is 11.2. The summed E-state index contributed by atoms with van der Waals surface area (Å²) in [5.74, 6) is 0.0495. The average molecular weight is 332 g/mol. The molecule has 2 aromatic rings. The Labute approximate surface area is 141 Å². The van der Waals surface area contributed by atoms with Gasteiger partial charge >= 0.3 is 0 Å². The van der Waals surface area contributed by atoms with E-state index in [1.54, 1.807) is 11.3 Å². The van der Waals surface area contributed by atoms with Gasteiger partial charge in [0.1, 0.15) is 0 Å². The fourth-order valence-corrected chi connectivity index (χ4v) is 3.83. The van der Waals surface area contributed by atoms with Crippen LogP contribution in [0.4, 0.5) is 0 Å². The van der Waals surface area contributed by atoms with Crippen LogP contribution in [0.15, 0.2) is 23.7 Å². The Hall–Kier alpha value is -1.66. The Bertz CT molecular complexity index is 650. The predicted molar refractivity (Wildman–Crippen MR) is 92.3 cm³/mol. The number of nitrogens with one attached hydrogen (secondary N) is 2. The van der Waals surface area contributed by atoms with Crippen LogP contribution in [0.1, 0.15) is 48.9 Å². The Morgan fingerprint density at radius 3 is 3.17 bits per heavy atom. The summed E-state index contributed by atoms with van der Waals surface area (Å²) in [5, 5.41) is 13.0. The van der Waals surface area contributed by atoms with Crippen LogP contribution in [-0.2, 0) is 24.3 Å². The van der Waals surface area contributed by atoms with Crippen molar-refractivity contribution in [3.05, 3.63) is 39.8 Å². The number of hydrogen-bond acceptors (Lipinski definition) is 4. The third kappa shape index (κ3) is 3.64. The highest BCUT2D eigenvalue weighted by atomic mass is 32.1. The Kier molecular flexibility index (Phi) is 5.13. The number of carbonyl (C=O) groups is 1. The van der Waals surface area contributed by atoms with Gasteiger partial charge in [-0.25, -0.2) is 0 Å². The zero-order valence-corrected chi connectivity index (χ0v) is 14.5. The molecule has 1 amide bonds. The summed E-state index contributed by atoms with van der Waals surface area (Å²) < 4.78 is 2.07. The van der Waals surface area contributed by atoms with Crippen molar-refractivity contribution in [2.45, 2.75) is 58.3 Å². The van der Waals surface area contributed by atoms with Gasteiger partial charge in [0, 0.05) is 28.7 Å². The molecule has 0 bridgehead atoms. The molecule has 2 N–H and O–H groups in total. The molecule has 1 aliphatic rings. The number of fused-ring (bicyclic) bond motifs is 1. The van der Waals surface area contributed by atoms with Crippen LogP contribution in [0.3, 0.4) is 0 Å². The molecule has 2 aromatic heterocycles. The standard InChI is InChI=1S/C17H24N4OS/c1-3-21-16-8-4-7-15(14(16)11-19-21)20-12(2)17(22)18-10-13-6-5-9-23-13/h5-6,9,11-12,15,20H,3-4,7-8,10H2,1-2H3,(H,18,22)/t12-,15+/m0/s1. The van der Waals surface area contributed by atoms with Crippen molar-refractivity contribution in [3.8, 4) is 0 Å². The normalized spacial score (nSPS) is 18.4. The third-order valence-electron chi connectivity index (χ3n) is 4.42. The van der Waals surface area contributed by atoms with Crippen molar-refractivity contribution in [1.82, 2.24) is 20.4 Å². The second kappa shape index (κ2) is 7.27. The maximum absolute atomic E-state index is 12.3. The number of hydrogen-bond donors (Lipinski definition) is 2. The Balaban J connectivity index is 1.59. The molecule has 0 aliphatic heterocycles. The lowest BCUT2D eigenvalue weighted by Gasteiger charge is -2.27. The molecule has 0 saturated carbocycles. The van der Waals surface area contributed by atoms with E-state index in [0.29, 0.717) is 6.54 Å². The van der Waals surface area contributed by atoms with Gasteiger partial charge in [0.2, 0.25) is 5.91 Å². The second-order valence-electron chi connectivity index (χ2n) is 5.99. The molecule has 124 valence electrons. The van der Waals surface area contributed by atoms with Crippen LogP contribution in [0.5, 0.6) is 0 Å². The van der Waals surface area contributed by atoms with E-state index in [1.807, 2.05) is 30.6 Å². The van der Waals surface area contributed by atoms with Crippen LogP contribution >= 0.6 is 11.3 Å². The van der Waals surface area contributed by atoms with E-state index in [4.69, 9.17) is 0 Å². The van der Waals surface area contributed by atoms with E-state index in [1.165, 1.54) is 16.1 Å². The van der Waals surface area contributed by atoms with E-state index in [2.05, 4.69) is 27.3 Å². The fraction of sp³-hybridized carbons (Fsp3) is 0.529. The molecular weight excluding hydrogens is 308 g/mol. The first kappa shape index (κ1) is 16.2. The summed E-state index contributed by atoms with van der Waals surface area (Å²) in [5.41, 5.74) is 2.58. The number of aromatic nitrogens is 2. The van der Waals surface area contributed by atoms with Crippen LogP contribution in [0.25, 0.3) is 0 Å². The minimum Gasteiger partial charge on any atom is -0.350 e. The summed E-state index contributed by atoms with van der Waals surface area (Å²) >= 11 is 1.66. The van der Waals surface area contributed by atoms with Gasteiger partial charge in [0.05, 0.1) is 18.8 Å². The summed E-state index contributed by atoms with van der Waals surface area (Å²) in [6.07, 6.45) is 5.25. The maximum atomic E-state index is 12.3. The van der Waals surface area contributed by atoms with E-state index in [-0.39, 0.29) is 18.0 Å². The molecule has 0 radical (unpaired) electrons. The lowest BCUT2D eigenvalue weighted by Crippen LogP contribution is -2.44. The van der Waals surface area contributed by atoms with Crippen molar-refractivity contribution in [3.63, 3.8) is 0 Å². The number of nitrogens with zero attached hydrogens (tertiary/aromatic N) is 2. The molecule has 3 rings (SSSR count). The molecule has 0 spiro atoms. The lowest BCUT2D eigenvalue weighted by molar-refractivity contribution is -0.123. The molecule has 0 aromatic carbocycles. The largest absolute Gasteiger partial charge is 0.350 e. The summed E-state index contributed by atoms with van der Waals surface area (Å²) in [4.78, 5) is 13.5. The minimum absolute atomic E-state index is 0.0495. The quantitative estimate of drug-likeness (QED) is 0.855. The first-order valence-corrected chi connectivity index (χ1v) is 9.17. The topological polar surface area (TPSA) is 59.0 Å². The Morgan fingerprint density at radius 2 is 2.43 bits per heavy atom. The monoisotopic (exact) mass is 332 g/mol. The van der Waals surface area contributed by atoms with Gasteiger partial charge in [-0.05, 0) is 44.6 Å². The van der Waals surface area contributed by atoms with E-state index in [9.17, 15) is 4.79 Å². The summed E-state index contributed by atoms with van der Waals surface area (Å²) in [6, 6.07) is 4.05. The Morgan fingerprint density at radius 1 is 1.57 bits per heavy atom. The molecule has 6 heteroatoms. The van der Waals surface area contributed by atoms with Crippen molar-refractivity contribution in [1.29, 1.82) is 0 Å². The van der Waals surface area contributed by atoms with Crippen LogP contribution in [-0.4, -0.2) is 21.7 Å². The van der Waals surface area contributed by atoms with Gasteiger partial charge in [-0.15, -0.1) is 11.3 Å². The van der Waals surface area contributed by atoms with Crippen LogP contribution in [0, 0.1) is 0 Å². The first-order valence-electron chi connectivity index (χ1n) is 8.29. The van der Waals surface area contributed by atoms with Crippen molar-refractivity contribution in [2.75, 3.05) is 0 Å². The zero-order chi connectivity index (χ0) is 16.2. The summed E-state index contributed by atoms with van der Waals surface area (Å²) in [6.45, 7) is 5.55. The SMILES string of the molecule is CCn1ncc2c1CCC[C@H]2N[C@@H](C)C(=O)NCc1cccs1. The molecule has 0 unspecified atom stereocenters. The molecule has 0 saturated heterocycles. The van der Waals surface area contributed by atoms with Gasteiger partial charge in [-0.3, -0.25) is 14.8 Å². The van der Waals surface area contributed by atoms with Gasteiger partial charge in [-0.2, -0.15) is 5.10 Å². The van der Waals surface area contributed by atoms with Crippen LogP contribution in [0.2, 0.25) is 0 Å². The second-order valence-corrected chi connectivity index (χ2v) is 7.02. The van der Waals surface area contributed by atoms with Crippen molar-refractivity contribution in [2.24, 2.45) is 0 Å². The molecule has 2 heterocycles. The molecule has 1 aliphatic carbocycles. The van der Waals surface area contributed by atoms with Gasteiger partial charge in [-0.1, -0.05) is 6.07 Å². The van der Waals surface area contributed by atoms with E-state index in [0.717, 1.165) is 25.8 Å². The van der Waals surface area contributed by atoms with Crippen molar-refractivity contribution >= 4 is 17.2 Å². The average Bonchev–Trinajstić information content (AvgIpc) is 3.22. The maximum Gasteiger partial charge on any atom is 0.237 e. The van der Waals surface area contributed by atoms with E-state index < -0.39 is 0 Å². The number of aryl methyl sites for hydroxylation is 1. The van der Waals surface area contributed by atoms with Gasteiger partial charge < -0.3 is 5.32 Å². The lowest BCUT2D eigenvalue weighted by atomic mass is 9.92. The molecule has 2 atom stereocenters. The minimum atomic E-state index is -0.212. The van der Waals surface area contributed by atoms with E-state index >= 15 is 0 Å². The molecule has 0 fully saturated rings. The molecular formula is C17H24N4OS. The smallest absolute Gasteiger partial charge is 0.237 e. The fourth-order valence-electron chi connectivity index (χ4n) is 3.18. The highest BCUT2D eigenvalue weighted by Gasteiger charge is 2.26. The van der Waals surface area contributed by atoms with Gasteiger partial charge in [0.15, 0.2) is 0 Å².